The van der Waals surface area contributed by atoms with Crippen molar-refractivity contribution in [3.05, 3.63) is 34.9 Å². The van der Waals surface area contributed by atoms with Gasteiger partial charge in [-0.2, -0.15) is 13.2 Å². The number of carbonyl (C=O) groups excluding carboxylic acids is 1. The first-order chi connectivity index (χ1) is 8.79. The smallest absolute Gasteiger partial charge is 0.345 e. The van der Waals surface area contributed by atoms with E-state index in [9.17, 15) is 18.0 Å². The number of halogens is 4. The van der Waals surface area contributed by atoms with Crippen molar-refractivity contribution in [2.75, 3.05) is 13.6 Å². The quantitative estimate of drug-likeness (QED) is 0.811. The predicted octanol–water partition coefficient (Wildman–Crippen LogP) is 3.68. The van der Waals surface area contributed by atoms with Crippen molar-refractivity contribution in [1.29, 1.82) is 0 Å². The van der Waals surface area contributed by atoms with Crippen molar-refractivity contribution < 1.29 is 18.0 Å². The lowest BCUT2D eigenvalue weighted by Crippen LogP contribution is -2.30. The van der Waals surface area contributed by atoms with Gasteiger partial charge >= 0.3 is 6.18 Å². The van der Waals surface area contributed by atoms with E-state index in [1.54, 1.807) is 24.3 Å². The first kappa shape index (κ1) is 15.8. The number of benzene rings is 1. The fourth-order valence-corrected chi connectivity index (χ4v) is 1.78. The van der Waals surface area contributed by atoms with Crippen molar-refractivity contribution >= 4 is 17.5 Å². The van der Waals surface area contributed by atoms with Gasteiger partial charge < -0.3 is 4.90 Å². The molecular weight excluding hydrogens is 279 g/mol. The summed E-state index contributed by atoms with van der Waals surface area (Å²) in [4.78, 5) is 12.8. The molecule has 1 aromatic carbocycles. The maximum Gasteiger partial charge on any atom is 0.390 e. The first-order valence-corrected chi connectivity index (χ1v) is 6.21. The highest BCUT2D eigenvalue weighted by Crippen LogP contribution is 2.20. The largest absolute Gasteiger partial charge is 0.390 e. The molecule has 0 aliphatic rings. The molecule has 0 saturated heterocycles. The monoisotopic (exact) mass is 293 g/mol. The Morgan fingerprint density at radius 2 is 1.95 bits per heavy atom. The summed E-state index contributed by atoms with van der Waals surface area (Å²) in [5.74, 6) is -0.316. The molecule has 0 saturated carbocycles. The fraction of sp³-hybridized carbons (Fsp3) is 0.462. The number of rotatable bonds is 5. The van der Waals surface area contributed by atoms with Crippen molar-refractivity contribution in [1.82, 2.24) is 4.90 Å². The van der Waals surface area contributed by atoms with Gasteiger partial charge in [0.15, 0.2) is 0 Å². The van der Waals surface area contributed by atoms with Gasteiger partial charge in [0, 0.05) is 25.0 Å². The first-order valence-electron chi connectivity index (χ1n) is 5.84. The van der Waals surface area contributed by atoms with Crippen LogP contribution in [0.2, 0.25) is 5.02 Å². The van der Waals surface area contributed by atoms with Crippen molar-refractivity contribution in [2.24, 2.45) is 0 Å². The van der Waals surface area contributed by atoms with Crippen LogP contribution in [0.5, 0.6) is 0 Å². The zero-order chi connectivity index (χ0) is 14.5. The summed E-state index contributed by atoms with van der Waals surface area (Å²) in [6.07, 6.45) is -4.65. The molecule has 106 valence electrons. The number of alkyl halides is 3. The lowest BCUT2D eigenvalue weighted by molar-refractivity contribution is -0.144. The van der Waals surface area contributed by atoms with Gasteiger partial charge in [-0.05, 0) is 18.1 Å². The Morgan fingerprint density at radius 3 is 2.53 bits per heavy atom. The fourth-order valence-electron chi connectivity index (χ4n) is 1.55. The van der Waals surface area contributed by atoms with Crippen LogP contribution in [-0.2, 0) is 11.2 Å². The van der Waals surface area contributed by atoms with Gasteiger partial charge in [-0.15, -0.1) is 0 Å². The third-order valence-electron chi connectivity index (χ3n) is 2.72. The maximum atomic E-state index is 12.0. The normalized spacial score (nSPS) is 11.4. The maximum absolute atomic E-state index is 12.0. The lowest BCUT2D eigenvalue weighted by atomic mass is 10.1. The Balaban J connectivity index is 2.41. The van der Waals surface area contributed by atoms with E-state index in [-0.39, 0.29) is 18.9 Å². The molecule has 2 nitrogen and oxygen atoms in total. The predicted molar refractivity (Wildman–Crippen MR) is 68.1 cm³/mol. The van der Waals surface area contributed by atoms with E-state index in [1.807, 2.05) is 0 Å². The summed E-state index contributed by atoms with van der Waals surface area (Å²) in [6.45, 7) is -0.315. The topological polar surface area (TPSA) is 20.3 Å². The van der Waals surface area contributed by atoms with Gasteiger partial charge in [0.1, 0.15) is 0 Å². The average Bonchev–Trinajstić information content (AvgIpc) is 2.33. The number of nitrogens with zero attached hydrogens (tertiary/aromatic N) is 1. The van der Waals surface area contributed by atoms with Gasteiger partial charge in [-0.25, -0.2) is 0 Å². The lowest BCUT2D eigenvalue weighted by Gasteiger charge is -2.18. The van der Waals surface area contributed by atoms with Gasteiger partial charge in [0.25, 0.3) is 0 Å². The van der Waals surface area contributed by atoms with E-state index >= 15 is 0 Å². The minimum absolute atomic E-state index is 0.151. The second kappa shape index (κ2) is 6.80. The molecule has 6 heteroatoms. The second-order valence-corrected chi connectivity index (χ2v) is 4.68. The van der Waals surface area contributed by atoms with E-state index in [2.05, 4.69) is 0 Å². The highest BCUT2D eigenvalue weighted by atomic mass is 35.5. The highest BCUT2D eigenvalue weighted by molar-refractivity contribution is 6.31. The molecule has 0 spiro atoms. The molecule has 0 aliphatic carbocycles. The zero-order valence-electron chi connectivity index (χ0n) is 10.5. The summed E-state index contributed by atoms with van der Waals surface area (Å²) in [5, 5.41) is 0.563. The van der Waals surface area contributed by atoms with Gasteiger partial charge in [0.2, 0.25) is 5.91 Å². The Kier molecular flexibility index (Phi) is 5.66. The molecule has 0 bridgehead atoms. The number of aryl methyl sites for hydroxylation is 1. The molecule has 1 rings (SSSR count). The van der Waals surface area contributed by atoms with Crippen LogP contribution in [0.25, 0.3) is 0 Å². The average molecular weight is 294 g/mol. The third kappa shape index (κ3) is 5.96. The second-order valence-electron chi connectivity index (χ2n) is 4.27. The van der Waals surface area contributed by atoms with Crippen molar-refractivity contribution in [2.45, 2.75) is 25.4 Å². The molecular formula is C13H15ClF3NO. The number of amides is 1. The summed E-state index contributed by atoms with van der Waals surface area (Å²) in [6, 6.07) is 7.10. The van der Waals surface area contributed by atoms with Crippen molar-refractivity contribution in [3.63, 3.8) is 0 Å². The van der Waals surface area contributed by atoms with E-state index < -0.39 is 12.6 Å². The standard InChI is InChI=1S/C13H15ClF3NO/c1-18(9-8-13(15,16)17)12(19)7-6-10-4-2-3-5-11(10)14/h2-5H,6-9H2,1H3. The molecule has 1 aromatic rings. The molecule has 0 radical (unpaired) electrons. The Hall–Kier alpha value is -1.23. The van der Waals surface area contributed by atoms with E-state index in [4.69, 9.17) is 11.6 Å². The minimum atomic E-state index is -4.24. The number of hydrogen-bond donors (Lipinski definition) is 0. The van der Waals surface area contributed by atoms with E-state index in [0.717, 1.165) is 10.5 Å². The van der Waals surface area contributed by atoms with Crippen molar-refractivity contribution in [3.8, 4) is 0 Å². The van der Waals surface area contributed by atoms with Crippen LogP contribution in [0.1, 0.15) is 18.4 Å². The Morgan fingerprint density at radius 1 is 1.32 bits per heavy atom. The van der Waals surface area contributed by atoms with Crippen LogP contribution in [0.15, 0.2) is 24.3 Å². The van der Waals surface area contributed by atoms with Crippen LogP contribution in [0.3, 0.4) is 0 Å². The van der Waals surface area contributed by atoms with Crippen LogP contribution in [0, 0.1) is 0 Å². The van der Waals surface area contributed by atoms with Crippen LogP contribution in [0.4, 0.5) is 13.2 Å². The summed E-state index contributed by atoms with van der Waals surface area (Å²) < 4.78 is 36.1. The molecule has 0 aliphatic heterocycles. The molecule has 0 N–H and O–H groups in total. The minimum Gasteiger partial charge on any atom is -0.345 e. The molecule has 19 heavy (non-hydrogen) atoms. The molecule has 0 heterocycles. The Labute approximate surface area is 115 Å². The van der Waals surface area contributed by atoms with Gasteiger partial charge in [0.05, 0.1) is 6.42 Å². The Bertz CT molecular complexity index is 434. The van der Waals surface area contributed by atoms with Gasteiger partial charge in [-0.1, -0.05) is 29.8 Å². The highest BCUT2D eigenvalue weighted by Gasteiger charge is 2.27. The van der Waals surface area contributed by atoms with E-state index in [0.29, 0.717) is 11.4 Å². The number of hydrogen-bond acceptors (Lipinski definition) is 1. The SMILES string of the molecule is CN(CCC(F)(F)F)C(=O)CCc1ccccc1Cl. The number of carbonyl (C=O) groups is 1. The molecule has 1 amide bonds. The molecule has 0 fully saturated rings. The van der Waals surface area contributed by atoms with Crippen LogP contribution < -0.4 is 0 Å². The molecule has 0 aromatic heterocycles. The molecule has 0 atom stereocenters. The van der Waals surface area contributed by atoms with E-state index in [1.165, 1.54) is 7.05 Å². The van der Waals surface area contributed by atoms with Crippen LogP contribution in [-0.4, -0.2) is 30.6 Å². The van der Waals surface area contributed by atoms with Crippen LogP contribution >= 0.6 is 11.6 Å². The summed E-state index contributed by atoms with van der Waals surface area (Å²) in [5.41, 5.74) is 0.821. The summed E-state index contributed by atoms with van der Waals surface area (Å²) in [7, 11) is 1.38. The third-order valence-corrected chi connectivity index (χ3v) is 3.09. The molecule has 0 unspecified atom stereocenters. The van der Waals surface area contributed by atoms with Gasteiger partial charge in [-0.3, -0.25) is 4.79 Å². The zero-order valence-corrected chi connectivity index (χ0v) is 11.3. The summed E-state index contributed by atoms with van der Waals surface area (Å²) >= 11 is 5.93.